The lowest BCUT2D eigenvalue weighted by atomic mass is 10.1. The molecule has 3 rings (SSSR count). The van der Waals surface area contributed by atoms with E-state index in [1.54, 1.807) is 0 Å². The van der Waals surface area contributed by atoms with Crippen molar-refractivity contribution in [1.29, 1.82) is 0 Å². The third-order valence-corrected chi connectivity index (χ3v) is 4.11. The predicted molar refractivity (Wildman–Crippen MR) is 86.9 cm³/mol. The Labute approximate surface area is 130 Å². The number of aromatic amines is 1. The minimum absolute atomic E-state index is 0.125. The van der Waals surface area contributed by atoms with Crippen LogP contribution in [0.5, 0.6) is 0 Å². The van der Waals surface area contributed by atoms with E-state index in [2.05, 4.69) is 39.5 Å². The van der Waals surface area contributed by atoms with E-state index in [1.165, 1.54) is 10.9 Å². The molecule has 1 saturated heterocycles. The molecule has 2 N–H and O–H groups in total. The molecule has 1 aliphatic heterocycles. The van der Waals surface area contributed by atoms with E-state index >= 15 is 0 Å². The monoisotopic (exact) mass is 301 g/mol. The van der Waals surface area contributed by atoms with Crippen LogP contribution in [-0.4, -0.2) is 55.2 Å². The third kappa shape index (κ3) is 4.08. The highest BCUT2D eigenvalue weighted by Crippen LogP contribution is 2.15. The fourth-order valence-corrected chi connectivity index (χ4v) is 2.77. The van der Waals surface area contributed by atoms with Gasteiger partial charge in [-0.15, -0.1) is 0 Å². The molecule has 0 atom stereocenters. The molecule has 0 spiro atoms. The summed E-state index contributed by atoms with van der Waals surface area (Å²) in [5.41, 5.74) is 2.32. The first-order valence-corrected chi connectivity index (χ1v) is 7.94. The van der Waals surface area contributed by atoms with Crippen LogP contribution in [0.25, 0.3) is 10.9 Å². The number of nitrogens with one attached hydrogen (secondary N) is 2. The fourth-order valence-electron chi connectivity index (χ4n) is 2.77. The summed E-state index contributed by atoms with van der Waals surface area (Å²) in [7, 11) is 0. The Morgan fingerprint density at radius 2 is 2.14 bits per heavy atom. The van der Waals surface area contributed by atoms with Crippen LogP contribution in [0.3, 0.4) is 0 Å². The van der Waals surface area contributed by atoms with E-state index in [0.717, 1.165) is 44.8 Å². The summed E-state index contributed by atoms with van der Waals surface area (Å²) in [5.74, 6) is 0.125. The molecule has 0 aliphatic carbocycles. The van der Waals surface area contributed by atoms with Crippen LogP contribution in [0.2, 0.25) is 0 Å². The molecule has 2 heterocycles. The maximum absolute atomic E-state index is 11.9. The van der Waals surface area contributed by atoms with E-state index in [1.807, 2.05) is 6.20 Å². The van der Waals surface area contributed by atoms with E-state index < -0.39 is 0 Å². The minimum Gasteiger partial charge on any atom is -0.379 e. The van der Waals surface area contributed by atoms with Gasteiger partial charge in [-0.1, -0.05) is 12.1 Å². The van der Waals surface area contributed by atoms with Gasteiger partial charge in [0.15, 0.2) is 0 Å². The maximum Gasteiger partial charge on any atom is 0.220 e. The van der Waals surface area contributed by atoms with Gasteiger partial charge < -0.3 is 15.0 Å². The summed E-state index contributed by atoms with van der Waals surface area (Å²) in [6, 6.07) is 8.36. The van der Waals surface area contributed by atoms with Crippen LogP contribution in [0.15, 0.2) is 30.5 Å². The number of morpholine rings is 1. The lowest BCUT2D eigenvalue weighted by molar-refractivity contribution is -0.121. The summed E-state index contributed by atoms with van der Waals surface area (Å²) < 4.78 is 5.31. The zero-order valence-electron chi connectivity index (χ0n) is 12.8. The molecule has 1 fully saturated rings. The molecule has 118 valence electrons. The number of hydrogen-bond acceptors (Lipinski definition) is 3. The minimum atomic E-state index is 0.125. The van der Waals surface area contributed by atoms with Gasteiger partial charge in [-0.25, -0.2) is 0 Å². The number of ether oxygens (including phenoxy) is 1. The van der Waals surface area contributed by atoms with Gasteiger partial charge in [-0.05, 0) is 29.5 Å². The number of fused-ring (bicyclic) bond motifs is 1. The summed E-state index contributed by atoms with van der Waals surface area (Å²) in [4.78, 5) is 17.4. The Morgan fingerprint density at radius 1 is 1.27 bits per heavy atom. The van der Waals surface area contributed by atoms with Crippen molar-refractivity contribution in [2.45, 2.75) is 12.8 Å². The van der Waals surface area contributed by atoms with Gasteiger partial charge in [0.25, 0.3) is 0 Å². The standard InChI is InChI=1S/C17H23N3O2/c21-17(19-7-8-20-9-11-22-12-10-20)4-2-14-1-3-15-5-6-18-16(15)13-14/h1,3,5-6,13,18H,2,4,7-12H2,(H,19,21). The van der Waals surface area contributed by atoms with Crippen LogP contribution < -0.4 is 5.32 Å². The molecule has 1 aromatic heterocycles. The van der Waals surface area contributed by atoms with Crippen molar-refractivity contribution in [1.82, 2.24) is 15.2 Å². The van der Waals surface area contributed by atoms with Crippen molar-refractivity contribution >= 4 is 16.8 Å². The van der Waals surface area contributed by atoms with Crippen molar-refractivity contribution in [2.24, 2.45) is 0 Å². The average molecular weight is 301 g/mol. The molecule has 5 nitrogen and oxygen atoms in total. The van der Waals surface area contributed by atoms with Gasteiger partial charge in [0.2, 0.25) is 5.91 Å². The number of benzene rings is 1. The number of carbonyl (C=O) groups excluding carboxylic acids is 1. The first-order chi connectivity index (χ1) is 10.8. The molecule has 22 heavy (non-hydrogen) atoms. The fraction of sp³-hybridized carbons (Fsp3) is 0.471. The Balaban J connectivity index is 1.38. The van der Waals surface area contributed by atoms with E-state index in [-0.39, 0.29) is 5.91 Å². The quantitative estimate of drug-likeness (QED) is 0.851. The Kier molecular flexibility index (Phi) is 5.08. The lowest BCUT2D eigenvalue weighted by Gasteiger charge is -2.26. The molecule has 1 aromatic carbocycles. The average Bonchev–Trinajstić information content (AvgIpc) is 3.01. The number of hydrogen-bond donors (Lipinski definition) is 2. The number of carbonyl (C=O) groups is 1. The molecule has 1 aliphatic rings. The van der Waals surface area contributed by atoms with Gasteiger partial charge >= 0.3 is 0 Å². The van der Waals surface area contributed by atoms with E-state index in [9.17, 15) is 4.79 Å². The molecular formula is C17H23N3O2. The second kappa shape index (κ2) is 7.42. The Bertz CT molecular complexity index is 617. The first-order valence-electron chi connectivity index (χ1n) is 7.94. The molecule has 1 amide bonds. The van der Waals surface area contributed by atoms with Gasteiger partial charge in [0.05, 0.1) is 13.2 Å². The Morgan fingerprint density at radius 3 is 3.00 bits per heavy atom. The highest BCUT2D eigenvalue weighted by atomic mass is 16.5. The topological polar surface area (TPSA) is 57.4 Å². The first kappa shape index (κ1) is 15.1. The lowest BCUT2D eigenvalue weighted by Crippen LogP contribution is -2.41. The largest absolute Gasteiger partial charge is 0.379 e. The van der Waals surface area contributed by atoms with Crippen molar-refractivity contribution in [2.75, 3.05) is 39.4 Å². The second-order valence-electron chi connectivity index (χ2n) is 5.70. The van der Waals surface area contributed by atoms with E-state index in [4.69, 9.17) is 4.74 Å². The second-order valence-corrected chi connectivity index (χ2v) is 5.70. The van der Waals surface area contributed by atoms with Gasteiger partial charge in [0.1, 0.15) is 0 Å². The van der Waals surface area contributed by atoms with Gasteiger partial charge in [0, 0.05) is 44.3 Å². The predicted octanol–water partition coefficient (Wildman–Crippen LogP) is 1.55. The molecule has 0 bridgehead atoms. The SMILES string of the molecule is O=C(CCc1ccc2cc[nH]c2c1)NCCN1CCOCC1. The van der Waals surface area contributed by atoms with Crippen LogP contribution in [0, 0.1) is 0 Å². The summed E-state index contributed by atoms with van der Waals surface area (Å²) in [6.45, 7) is 5.15. The molecular weight excluding hydrogens is 278 g/mol. The third-order valence-electron chi connectivity index (χ3n) is 4.11. The van der Waals surface area contributed by atoms with Crippen LogP contribution in [-0.2, 0) is 16.0 Å². The van der Waals surface area contributed by atoms with Crippen LogP contribution in [0.4, 0.5) is 0 Å². The number of amides is 1. The van der Waals surface area contributed by atoms with Crippen molar-refractivity contribution in [3.63, 3.8) is 0 Å². The number of aromatic nitrogens is 1. The van der Waals surface area contributed by atoms with Gasteiger partial charge in [-0.2, -0.15) is 0 Å². The molecule has 0 radical (unpaired) electrons. The van der Waals surface area contributed by atoms with Crippen molar-refractivity contribution in [3.05, 3.63) is 36.0 Å². The molecule has 0 saturated carbocycles. The van der Waals surface area contributed by atoms with Crippen LogP contribution in [0.1, 0.15) is 12.0 Å². The smallest absolute Gasteiger partial charge is 0.220 e. The molecule has 0 unspecified atom stereocenters. The highest BCUT2D eigenvalue weighted by Gasteiger charge is 2.10. The number of nitrogens with zero attached hydrogens (tertiary/aromatic N) is 1. The zero-order valence-corrected chi connectivity index (χ0v) is 12.8. The highest BCUT2D eigenvalue weighted by molar-refractivity contribution is 5.80. The molecule has 5 heteroatoms. The van der Waals surface area contributed by atoms with E-state index in [0.29, 0.717) is 13.0 Å². The Hall–Kier alpha value is -1.85. The normalized spacial score (nSPS) is 16.0. The van der Waals surface area contributed by atoms with Crippen molar-refractivity contribution in [3.8, 4) is 0 Å². The summed E-state index contributed by atoms with van der Waals surface area (Å²) in [5, 5.41) is 4.21. The van der Waals surface area contributed by atoms with Gasteiger partial charge in [-0.3, -0.25) is 9.69 Å². The van der Waals surface area contributed by atoms with Crippen molar-refractivity contribution < 1.29 is 9.53 Å². The summed E-state index contributed by atoms with van der Waals surface area (Å²) in [6.07, 6.45) is 3.25. The number of rotatable bonds is 6. The zero-order chi connectivity index (χ0) is 15.2. The maximum atomic E-state index is 11.9. The molecule has 2 aromatic rings. The van der Waals surface area contributed by atoms with Crippen LogP contribution >= 0.6 is 0 Å². The number of H-pyrrole nitrogens is 1. The number of aryl methyl sites for hydroxylation is 1. The summed E-state index contributed by atoms with van der Waals surface area (Å²) >= 11 is 0.